The van der Waals surface area contributed by atoms with Crippen LogP contribution >= 0.6 is 0 Å². The van der Waals surface area contributed by atoms with Crippen molar-refractivity contribution < 1.29 is 24.2 Å². The number of aliphatic hydroxyl groups is 1. The monoisotopic (exact) mass is 486 g/mol. The fraction of sp³-hybridized carbons (Fsp3) is 0.926. The van der Waals surface area contributed by atoms with Crippen LogP contribution in [0.5, 0.6) is 0 Å². The Morgan fingerprint density at radius 3 is 2.21 bits per heavy atom. The van der Waals surface area contributed by atoms with Gasteiger partial charge in [-0.25, -0.2) is 4.79 Å². The highest BCUT2D eigenvalue weighted by molar-refractivity contribution is 5.69. The van der Waals surface area contributed by atoms with Gasteiger partial charge in [0.15, 0.2) is 0 Å². The molecular formula is C27H54N2O5. The van der Waals surface area contributed by atoms with E-state index in [0.29, 0.717) is 32.5 Å². The Kier molecular flexibility index (Phi) is 20.2. The second-order valence-corrected chi connectivity index (χ2v) is 10.5. The van der Waals surface area contributed by atoms with Crippen LogP contribution in [0, 0.1) is 0 Å². The summed E-state index contributed by atoms with van der Waals surface area (Å²) in [5.74, 6) is -0.0903. The first-order valence-electron chi connectivity index (χ1n) is 13.6. The molecule has 0 aliphatic heterocycles. The van der Waals surface area contributed by atoms with Crippen molar-refractivity contribution in [2.45, 2.75) is 129 Å². The standard InChI is InChI=1S/C27H54N2O5/c1-6-7-8-9-10-11-12-13-19-25(31)33-22-17-14-18-24(30)23-29(5)21-16-15-20-28-26(32)34-27(2,3)4/h24,30H,6-23H2,1-5H3,(H,28,32). The van der Waals surface area contributed by atoms with E-state index < -0.39 is 5.60 Å². The van der Waals surface area contributed by atoms with Crippen LogP contribution in [0.4, 0.5) is 4.79 Å². The largest absolute Gasteiger partial charge is 0.466 e. The second kappa shape index (κ2) is 21.0. The number of hydrogen-bond acceptors (Lipinski definition) is 6. The number of rotatable bonds is 21. The molecule has 7 heteroatoms. The number of aliphatic hydroxyl groups excluding tert-OH is 1. The Morgan fingerprint density at radius 2 is 1.56 bits per heavy atom. The molecule has 0 saturated carbocycles. The lowest BCUT2D eigenvalue weighted by Crippen LogP contribution is -2.33. The Hall–Kier alpha value is -1.34. The molecule has 0 fully saturated rings. The van der Waals surface area contributed by atoms with Crippen LogP contribution in [0.15, 0.2) is 0 Å². The van der Waals surface area contributed by atoms with Gasteiger partial charge in [-0.1, -0.05) is 51.9 Å². The van der Waals surface area contributed by atoms with E-state index >= 15 is 0 Å². The van der Waals surface area contributed by atoms with E-state index in [2.05, 4.69) is 17.1 Å². The van der Waals surface area contributed by atoms with Gasteiger partial charge in [0.2, 0.25) is 0 Å². The van der Waals surface area contributed by atoms with Gasteiger partial charge in [-0.3, -0.25) is 4.79 Å². The maximum Gasteiger partial charge on any atom is 0.407 e. The summed E-state index contributed by atoms with van der Waals surface area (Å²) < 4.78 is 10.5. The first-order chi connectivity index (χ1) is 16.1. The summed E-state index contributed by atoms with van der Waals surface area (Å²) >= 11 is 0. The molecule has 0 rings (SSSR count). The molecule has 0 bridgehead atoms. The molecule has 0 aliphatic rings. The summed E-state index contributed by atoms with van der Waals surface area (Å²) in [6.45, 7) is 10.3. The maximum absolute atomic E-state index is 11.8. The van der Waals surface area contributed by atoms with Crippen LogP contribution in [0.1, 0.15) is 118 Å². The molecule has 2 N–H and O–H groups in total. The van der Waals surface area contributed by atoms with Gasteiger partial charge < -0.3 is 24.8 Å². The van der Waals surface area contributed by atoms with E-state index in [4.69, 9.17) is 9.47 Å². The van der Waals surface area contributed by atoms with Crippen LogP contribution in [0.25, 0.3) is 0 Å². The maximum atomic E-state index is 11.8. The van der Waals surface area contributed by atoms with Crippen molar-refractivity contribution >= 4 is 12.1 Å². The number of carbonyl (C=O) groups excluding carboxylic acids is 2. The summed E-state index contributed by atoms with van der Waals surface area (Å²) in [6.07, 6.45) is 13.7. The number of hydrogen-bond donors (Lipinski definition) is 2. The molecule has 0 aliphatic carbocycles. The highest BCUT2D eigenvalue weighted by Crippen LogP contribution is 2.10. The molecule has 0 radical (unpaired) electrons. The molecule has 0 aromatic heterocycles. The zero-order chi connectivity index (χ0) is 25.7. The second-order valence-electron chi connectivity index (χ2n) is 10.5. The lowest BCUT2D eigenvalue weighted by molar-refractivity contribution is -0.143. The topological polar surface area (TPSA) is 88.1 Å². The van der Waals surface area contributed by atoms with Gasteiger partial charge >= 0.3 is 12.1 Å². The first-order valence-corrected chi connectivity index (χ1v) is 13.6. The van der Waals surface area contributed by atoms with Gasteiger partial charge in [0, 0.05) is 19.5 Å². The third-order valence-corrected chi connectivity index (χ3v) is 5.59. The number of carbonyl (C=O) groups is 2. The molecule has 1 unspecified atom stereocenters. The van der Waals surface area contributed by atoms with Crippen molar-refractivity contribution in [2.75, 3.05) is 33.3 Å². The van der Waals surface area contributed by atoms with Crippen LogP contribution in [0.2, 0.25) is 0 Å². The summed E-state index contributed by atoms with van der Waals surface area (Å²) in [6, 6.07) is 0. The molecule has 0 aromatic carbocycles. The Balaban J connectivity index is 3.54. The van der Waals surface area contributed by atoms with E-state index in [9.17, 15) is 14.7 Å². The fourth-order valence-corrected chi connectivity index (χ4v) is 3.70. The van der Waals surface area contributed by atoms with Crippen molar-refractivity contribution in [3.05, 3.63) is 0 Å². The van der Waals surface area contributed by atoms with Crippen molar-refractivity contribution in [2.24, 2.45) is 0 Å². The smallest absolute Gasteiger partial charge is 0.407 e. The lowest BCUT2D eigenvalue weighted by Gasteiger charge is -2.21. The van der Waals surface area contributed by atoms with E-state index in [-0.39, 0.29) is 18.2 Å². The third-order valence-electron chi connectivity index (χ3n) is 5.59. The molecule has 7 nitrogen and oxygen atoms in total. The number of ether oxygens (including phenoxy) is 2. The molecule has 0 heterocycles. The number of nitrogens with one attached hydrogen (secondary N) is 1. The highest BCUT2D eigenvalue weighted by atomic mass is 16.6. The van der Waals surface area contributed by atoms with Gasteiger partial charge in [0.25, 0.3) is 0 Å². The van der Waals surface area contributed by atoms with E-state index in [1.54, 1.807) is 0 Å². The lowest BCUT2D eigenvalue weighted by atomic mass is 10.1. The predicted octanol–water partition coefficient (Wildman–Crippen LogP) is 5.83. The van der Waals surface area contributed by atoms with Gasteiger partial charge in [0.1, 0.15) is 5.60 Å². The van der Waals surface area contributed by atoms with Gasteiger partial charge in [-0.15, -0.1) is 0 Å². The third kappa shape index (κ3) is 23.8. The van der Waals surface area contributed by atoms with Gasteiger partial charge in [-0.05, 0) is 72.9 Å². The molecule has 0 spiro atoms. The molecule has 1 amide bonds. The normalized spacial score (nSPS) is 12.6. The molecule has 1 atom stereocenters. The minimum absolute atomic E-state index is 0.0903. The van der Waals surface area contributed by atoms with Crippen molar-refractivity contribution in [3.8, 4) is 0 Å². The SMILES string of the molecule is CCCCCCCCCCC(=O)OCCCCC(O)CN(C)CCCCNC(=O)OC(C)(C)C. The zero-order valence-corrected chi connectivity index (χ0v) is 22.8. The molecule has 34 heavy (non-hydrogen) atoms. The Morgan fingerprint density at radius 1 is 0.912 bits per heavy atom. The summed E-state index contributed by atoms with van der Waals surface area (Å²) in [4.78, 5) is 25.5. The number of amides is 1. The highest BCUT2D eigenvalue weighted by Gasteiger charge is 2.15. The van der Waals surface area contributed by atoms with Gasteiger partial charge in [-0.2, -0.15) is 0 Å². The molecule has 0 saturated heterocycles. The van der Waals surface area contributed by atoms with E-state index in [1.807, 2.05) is 27.8 Å². The zero-order valence-electron chi connectivity index (χ0n) is 22.8. The number of alkyl carbamates (subject to hydrolysis) is 1. The fourth-order valence-electron chi connectivity index (χ4n) is 3.70. The summed E-state index contributed by atoms with van der Waals surface area (Å²) in [7, 11) is 2.00. The molecular weight excluding hydrogens is 432 g/mol. The number of esters is 1. The van der Waals surface area contributed by atoms with Crippen molar-refractivity contribution in [3.63, 3.8) is 0 Å². The Labute approximate surface area is 209 Å². The quantitative estimate of drug-likeness (QED) is 0.157. The average molecular weight is 487 g/mol. The van der Waals surface area contributed by atoms with Crippen LogP contribution < -0.4 is 5.32 Å². The average Bonchev–Trinajstić information content (AvgIpc) is 2.73. The Bertz CT molecular complexity index is 508. The minimum Gasteiger partial charge on any atom is -0.466 e. The number of nitrogens with zero attached hydrogens (tertiary/aromatic N) is 1. The van der Waals surface area contributed by atoms with Crippen molar-refractivity contribution in [1.29, 1.82) is 0 Å². The van der Waals surface area contributed by atoms with Crippen LogP contribution in [-0.2, 0) is 14.3 Å². The molecule has 0 aromatic rings. The van der Waals surface area contributed by atoms with Crippen molar-refractivity contribution in [1.82, 2.24) is 10.2 Å². The summed E-state index contributed by atoms with van der Waals surface area (Å²) in [5.41, 5.74) is -0.477. The van der Waals surface area contributed by atoms with E-state index in [1.165, 1.54) is 38.5 Å². The van der Waals surface area contributed by atoms with Gasteiger partial charge in [0.05, 0.1) is 12.7 Å². The van der Waals surface area contributed by atoms with Crippen LogP contribution in [0.3, 0.4) is 0 Å². The van der Waals surface area contributed by atoms with Crippen LogP contribution in [-0.4, -0.2) is 67.1 Å². The first kappa shape index (κ1) is 32.7. The predicted molar refractivity (Wildman–Crippen MR) is 139 cm³/mol. The number of likely N-dealkylation sites (N-methyl/N-ethyl adjacent to an activating group) is 1. The molecule has 202 valence electrons. The number of unbranched alkanes of at least 4 members (excludes halogenated alkanes) is 9. The minimum atomic E-state index is -0.477. The summed E-state index contributed by atoms with van der Waals surface area (Å²) in [5, 5.41) is 13.0. The van der Waals surface area contributed by atoms with E-state index in [0.717, 1.165) is 45.1 Å².